The first-order valence-electron chi connectivity index (χ1n) is 13.9. The van der Waals surface area contributed by atoms with E-state index < -0.39 is 22.7 Å². The van der Waals surface area contributed by atoms with Crippen LogP contribution >= 0.6 is 0 Å². The first kappa shape index (κ1) is 27.8. The van der Waals surface area contributed by atoms with Crippen LogP contribution < -0.4 is 0 Å². The maximum atomic E-state index is 13.4. The number of likely N-dealkylation sites (N-methyl/N-ethyl adjacent to an activating group) is 1. The molecule has 2 unspecified atom stereocenters. The number of hydrogen-bond acceptors (Lipinski definition) is 6. The van der Waals surface area contributed by atoms with Crippen molar-refractivity contribution in [3.63, 3.8) is 0 Å². The summed E-state index contributed by atoms with van der Waals surface area (Å²) in [6.07, 6.45) is 2.10. The molecule has 0 radical (unpaired) electrons. The molecule has 2 aromatic carbocycles. The number of ether oxygens (including phenoxy) is 1. The van der Waals surface area contributed by atoms with Crippen LogP contribution in [-0.2, 0) is 20.5 Å². The van der Waals surface area contributed by atoms with E-state index in [1.807, 2.05) is 73.7 Å². The van der Waals surface area contributed by atoms with Gasteiger partial charge in [0.25, 0.3) is 0 Å². The molecule has 0 bridgehead atoms. The molecule has 1 saturated heterocycles. The lowest BCUT2D eigenvalue weighted by atomic mass is 9.80. The summed E-state index contributed by atoms with van der Waals surface area (Å²) in [5, 5.41) is 19.5. The number of rotatable bonds is 8. The van der Waals surface area contributed by atoms with E-state index in [0.29, 0.717) is 19.4 Å². The maximum absolute atomic E-state index is 13.4. The summed E-state index contributed by atoms with van der Waals surface area (Å²) in [6.45, 7) is 5.99. The summed E-state index contributed by atoms with van der Waals surface area (Å²) >= 11 is 0. The van der Waals surface area contributed by atoms with Crippen LogP contribution in [-0.4, -0.2) is 63.3 Å². The summed E-state index contributed by atoms with van der Waals surface area (Å²) in [5.74, 6) is 0.0743. The Morgan fingerprint density at radius 1 is 1.02 bits per heavy atom. The Bertz CT molecular complexity index is 1360. The van der Waals surface area contributed by atoms with Crippen molar-refractivity contribution < 1.29 is 19.4 Å². The Labute approximate surface area is 236 Å². The molecule has 5 rings (SSSR count). The molecule has 1 aliphatic carbocycles. The van der Waals surface area contributed by atoms with Gasteiger partial charge >= 0.3 is 6.09 Å². The van der Waals surface area contributed by atoms with Crippen molar-refractivity contribution in [1.29, 1.82) is 0 Å². The molecule has 8 nitrogen and oxygen atoms in total. The van der Waals surface area contributed by atoms with E-state index in [-0.39, 0.29) is 11.9 Å². The average molecular weight is 543 g/mol. The number of aliphatic hydroxyl groups is 1. The first-order valence-corrected chi connectivity index (χ1v) is 13.9. The second-order valence-corrected chi connectivity index (χ2v) is 12.0. The predicted octanol–water partition coefficient (Wildman–Crippen LogP) is 5.22. The van der Waals surface area contributed by atoms with Gasteiger partial charge in [0.05, 0.1) is 28.4 Å². The molecule has 2 aliphatic rings. The molecule has 3 aromatic rings. The van der Waals surface area contributed by atoms with Crippen LogP contribution in [0.25, 0.3) is 11.3 Å². The van der Waals surface area contributed by atoms with Gasteiger partial charge in [-0.25, -0.2) is 4.79 Å². The molecule has 1 N–H and O–H groups in total. The van der Waals surface area contributed by atoms with Crippen molar-refractivity contribution in [3.8, 4) is 11.3 Å². The molecule has 2 atom stereocenters. The molecule has 1 saturated carbocycles. The lowest BCUT2D eigenvalue weighted by molar-refractivity contribution is -0.131. The monoisotopic (exact) mass is 542 g/mol. The summed E-state index contributed by atoms with van der Waals surface area (Å²) < 4.78 is 6.14. The molecule has 1 aliphatic heterocycles. The number of cyclic esters (lactones) is 1. The van der Waals surface area contributed by atoms with E-state index in [0.717, 1.165) is 40.9 Å². The number of benzene rings is 2. The van der Waals surface area contributed by atoms with Gasteiger partial charge in [-0.1, -0.05) is 54.6 Å². The van der Waals surface area contributed by atoms with Crippen LogP contribution in [0.1, 0.15) is 69.3 Å². The smallest absolute Gasteiger partial charge is 0.411 e. The number of carbonyl (C=O) groups excluding carboxylic acids is 2. The fourth-order valence-electron chi connectivity index (χ4n) is 5.88. The van der Waals surface area contributed by atoms with Crippen LogP contribution in [0.5, 0.6) is 0 Å². The van der Waals surface area contributed by atoms with Gasteiger partial charge in [0.2, 0.25) is 5.91 Å². The van der Waals surface area contributed by atoms with Gasteiger partial charge in [-0.3, -0.25) is 4.79 Å². The zero-order valence-corrected chi connectivity index (χ0v) is 23.9. The molecule has 8 heteroatoms. The minimum Gasteiger partial charge on any atom is -0.438 e. The van der Waals surface area contributed by atoms with Crippen molar-refractivity contribution in [1.82, 2.24) is 20.0 Å². The standard InChI is InChI=1S/C32H38N4O4/c1-22(36-20-19-32(40-29(36)38,21-30(2,3)39)25-9-7-6-8-10-25)23-11-13-24(14-12-23)26-15-16-27(34-33-26)31(17-18-31)28(37)35(4)5/h6-16,22,39H,17-21H2,1-5H3. The van der Waals surface area contributed by atoms with Gasteiger partial charge in [-0.15, -0.1) is 0 Å². The van der Waals surface area contributed by atoms with Gasteiger partial charge in [-0.05, 0) is 56.9 Å². The molecule has 40 heavy (non-hydrogen) atoms. The van der Waals surface area contributed by atoms with E-state index >= 15 is 0 Å². The van der Waals surface area contributed by atoms with Gasteiger partial charge in [-0.2, -0.15) is 10.2 Å². The zero-order chi connectivity index (χ0) is 28.7. The molecule has 2 amide bonds. The Balaban J connectivity index is 1.29. The van der Waals surface area contributed by atoms with Crippen LogP contribution in [0.4, 0.5) is 4.79 Å². The van der Waals surface area contributed by atoms with Crippen molar-refractivity contribution >= 4 is 12.0 Å². The van der Waals surface area contributed by atoms with Crippen LogP contribution in [0.2, 0.25) is 0 Å². The van der Waals surface area contributed by atoms with Crippen molar-refractivity contribution in [2.45, 2.75) is 69.1 Å². The lowest BCUT2D eigenvalue weighted by Crippen LogP contribution is -2.51. The molecule has 210 valence electrons. The summed E-state index contributed by atoms with van der Waals surface area (Å²) in [7, 11) is 3.54. The second kappa shape index (κ2) is 10.3. The van der Waals surface area contributed by atoms with E-state index in [4.69, 9.17) is 4.74 Å². The highest BCUT2D eigenvalue weighted by Gasteiger charge is 2.53. The van der Waals surface area contributed by atoms with Crippen LogP contribution in [0, 0.1) is 0 Å². The highest BCUT2D eigenvalue weighted by atomic mass is 16.6. The van der Waals surface area contributed by atoms with Gasteiger partial charge in [0.15, 0.2) is 0 Å². The second-order valence-electron chi connectivity index (χ2n) is 12.0. The third-order valence-corrected chi connectivity index (χ3v) is 8.17. The Morgan fingerprint density at radius 3 is 2.23 bits per heavy atom. The first-order chi connectivity index (χ1) is 18.9. The molecule has 2 fully saturated rings. The average Bonchev–Trinajstić information content (AvgIpc) is 3.74. The number of nitrogens with zero attached hydrogens (tertiary/aromatic N) is 4. The maximum Gasteiger partial charge on any atom is 0.411 e. The van der Waals surface area contributed by atoms with E-state index in [2.05, 4.69) is 10.2 Å². The minimum atomic E-state index is -0.998. The van der Waals surface area contributed by atoms with Gasteiger partial charge in [0.1, 0.15) is 5.60 Å². The fraction of sp³-hybridized carbons (Fsp3) is 0.438. The highest BCUT2D eigenvalue weighted by Crippen LogP contribution is 2.48. The topological polar surface area (TPSA) is 95.9 Å². The SMILES string of the molecule is CC(c1ccc(-c2ccc(C3(C(=O)N(C)C)CC3)nn2)cc1)N1CCC(CC(C)(C)O)(c2ccccc2)OC1=O. The van der Waals surface area contributed by atoms with Gasteiger partial charge in [0, 0.05) is 39.0 Å². The summed E-state index contributed by atoms with van der Waals surface area (Å²) in [4.78, 5) is 29.3. The van der Waals surface area contributed by atoms with Gasteiger partial charge < -0.3 is 19.6 Å². The quantitative estimate of drug-likeness (QED) is 0.419. The van der Waals surface area contributed by atoms with E-state index in [1.54, 1.807) is 37.7 Å². The number of aromatic nitrogens is 2. The van der Waals surface area contributed by atoms with Crippen LogP contribution in [0.3, 0.4) is 0 Å². The normalized spacial score (nSPS) is 20.9. The zero-order valence-electron chi connectivity index (χ0n) is 23.9. The molecule has 2 heterocycles. The number of carbonyl (C=O) groups is 2. The molecule has 0 spiro atoms. The Kier molecular flexibility index (Phi) is 7.17. The Hall–Kier alpha value is -3.78. The molecule has 1 aromatic heterocycles. The third kappa shape index (κ3) is 5.32. The molecular formula is C32H38N4O4. The summed E-state index contributed by atoms with van der Waals surface area (Å²) in [6, 6.07) is 21.3. The molecular weight excluding hydrogens is 504 g/mol. The third-order valence-electron chi connectivity index (χ3n) is 8.17. The highest BCUT2D eigenvalue weighted by molar-refractivity contribution is 5.90. The van der Waals surface area contributed by atoms with E-state index in [1.165, 1.54) is 0 Å². The van der Waals surface area contributed by atoms with E-state index in [9.17, 15) is 14.7 Å². The largest absolute Gasteiger partial charge is 0.438 e. The minimum absolute atomic E-state index is 0.0743. The fourth-order valence-corrected chi connectivity index (χ4v) is 5.88. The summed E-state index contributed by atoms with van der Waals surface area (Å²) in [5.41, 5.74) is 1.84. The van der Waals surface area contributed by atoms with Crippen molar-refractivity contribution in [2.75, 3.05) is 20.6 Å². The number of amides is 2. The van der Waals surface area contributed by atoms with Crippen molar-refractivity contribution in [3.05, 3.63) is 83.6 Å². The lowest BCUT2D eigenvalue weighted by Gasteiger charge is -2.45. The number of hydrogen-bond donors (Lipinski definition) is 1. The predicted molar refractivity (Wildman–Crippen MR) is 152 cm³/mol. The Morgan fingerprint density at radius 2 is 1.70 bits per heavy atom. The van der Waals surface area contributed by atoms with Crippen LogP contribution in [0.15, 0.2) is 66.7 Å². The van der Waals surface area contributed by atoms with Crippen molar-refractivity contribution in [2.24, 2.45) is 0 Å².